The van der Waals surface area contributed by atoms with Crippen molar-refractivity contribution in [2.24, 2.45) is 11.3 Å². The molecule has 3 fully saturated rings. The highest BCUT2D eigenvalue weighted by Crippen LogP contribution is 2.47. The molecule has 1 spiro atoms. The Morgan fingerprint density at radius 1 is 1.07 bits per heavy atom. The highest BCUT2D eigenvalue weighted by Gasteiger charge is 2.59. The van der Waals surface area contributed by atoms with Crippen molar-refractivity contribution in [3.05, 3.63) is 47.2 Å². The number of halogens is 2. The van der Waals surface area contributed by atoms with Gasteiger partial charge in [0.2, 0.25) is 21.8 Å². The summed E-state index contributed by atoms with van der Waals surface area (Å²) in [6, 6.07) is -0.100. The number of ether oxygens (including phenoxy) is 2. The number of sulfonamides is 1. The van der Waals surface area contributed by atoms with Crippen LogP contribution in [0.5, 0.6) is 5.75 Å². The highest BCUT2D eigenvalue weighted by molar-refractivity contribution is 7.91. The number of carbonyl (C=O) groups excluding carboxylic acids is 4. The van der Waals surface area contributed by atoms with E-state index < -0.39 is 79.4 Å². The largest absolute Gasteiger partial charge is 0.483 e. The van der Waals surface area contributed by atoms with E-state index in [2.05, 4.69) is 20.3 Å². The summed E-state index contributed by atoms with van der Waals surface area (Å²) < 4.78 is 68.7. The van der Waals surface area contributed by atoms with Crippen LogP contribution in [0.3, 0.4) is 0 Å². The van der Waals surface area contributed by atoms with Crippen molar-refractivity contribution < 1.29 is 45.9 Å². The maximum absolute atomic E-state index is 14.8. The van der Waals surface area contributed by atoms with Gasteiger partial charge < -0.3 is 25.0 Å². The molecule has 5 aliphatic rings. The van der Waals surface area contributed by atoms with Gasteiger partial charge in [0, 0.05) is 29.4 Å². The smallest absolute Gasteiger partial charge is 0.407 e. The molecule has 2 aliphatic carbocycles. The van der Waals surface area contributed by atoms with Crippen molar-refractivity contribution in [2.45, 2.75) is 140 Å². The minimum atomic E-state index is -4.04. The van der Waals surface area contributed by atoms with Crippen LogP contribution in [0.4, 0.5) is 13.6 Å². The monoisotopic (exact) mass is 813 g/mol. The molecule has 2 aromatic rings. The van der Waals surface area contributed by atoms with Crippen LogP contribution in [-0.2, 0) is 35.6 Å². The zero-order chi connectivity index (χ0) is 41.1. The second-order valence-corrected chi connectivity index (χ2v) is 20.3. The SMILES string of the molecule is Cc1nc2cc(F)c(F)cc2c2c1OC1(CC2)CC2C(=O)NC3(C(=O)NS(=O)(=O)C4(C)CC4)CCC3C=CCCCCCC(NC(=O)OCC(C)(C)C)C(=O)N2C1. The third-order valence-corrected chi connectivity index (χ3v) is 14.6. The molecule has 1 aromatic heterocycles. The van der Waals surface area contributed by atoms with E-state index in [-0.39, 0.29) is 43.3 Å². The second kappa shape index (κ2) is 14.8. The Labute approximate surface area is 332 Å². The molecule has 2 saturated carbocycles. The molecule has 5 atom stereocenters. The fourth-order valence-corrected chi connectivity index (χ4v) is 9.84. The predicted molar refractivity (Wildman–Crippen MR) is 206 cm³/mol. The van der Waals surface area contributed by atoms with E-state index in [0.29, 0.717) is 67.3 Å². The molecule has 13 nitrogen and oxygen atoms in total. The van der Waals surface area contributed by atoms with Crippen molar-refractivity contribution in [2.75, 3.05) is 13.2 Å². The average Bonchev–Trinajstić information content (AvgIpc) is 3.80. The molecule has 3 aliphatic heterocycles. The van der Waals surface area contributed by atoms with Gasteiger partial charge in [-0.15, -0.1) is 0 Å². The van der Waals surface area contributed by atoms with Gasteiger partial charge in [0.05, 0.1) is 29.1 Å². The van der Waals surface area contributed by atoms with E-state index in [1.54, 1.807) is 13.8 Å². The number of aryl methyl sites for hydroxylation is 2. The van der Waals surface area contributed by atoms with Gasteiger partial charge in [0.15, 0.2) is 11.6 Å². The minimum Gasteiger partial charge on any atom is -0.483 e. The first-order valence-corrected chi connectivity index (χ1v) is 21.5. The Bertz CT molecular complexity index is 2140. The lowest BCUT2D eigenvalue weighted by Gasteiger charge is -2.48. The summed E-state index contributed by atoms with van der Waals surface area (Å²) in [6.45, 7) is 9.05. The summed E-state index contributed by atoms with van der Waals surface area (Å²) in [6.07, 6.45) is 8.26. The lowest BCUT2D eigenvalue weighted by atomic mass is 9.65. The van der Waals surface area contributed by atoms with E-state index >= 15 is 0 Å². The van der Waals surface area contributed by atoms with Crippen LogP contribution in [0, 0.1) is 29.9 Å². The van der Waals surface area contributed by atoms with Gasteiger partial charge in [-0.25, -0.2) is 27.0 Å². The molecular weight excluding hydrogens is 761 g/mol. The lowest BCUT2D eigenvalue weighted by Crippen LogP contribution is -2.70. The number of rotatable bonds is 5. The Morgan fingerprint density at radius 3 is 2.49 bits per heavy atom. The molecule has 1 saturated heterocycles. The van der Waals surface area contributed by atoms with Crippen LogP contribution in [0.1, 0.15) is 110 Å². The number of nitrogens with one attached hydrogen (secondary N) is 3. The summed E-state index contributed by atoms with van der Waals surface area (Å²) >= 11 is 0. The van der Waals surface area contributed by atoms with E-state index in [0.717, 1.165) is 25.0 Å². The first kappa shape index (κ1) is 40.8. The van der Waals surface area contributed by atoms with Gasteiger partial charge in [0.1, 0.15) is 29.0 Å². The van der Waals surface area contributed by atoms with E-state index in [1.165, 1.54) is 4.90 Å². The molecule has 0 bridgehead atoms. The molecule has 0 radical (unpaired) electrons. The molecule has 4 amide bonds. The number of hydrogen-bond acceptors (Lipinski definition) is 9. The van der Waals surface area contributed by atoms with Crippen LogP contribution >= 0.6 is 0 Å². The zero-order valence-corrected chi connectivity index (χ0v) is 34.1. The maximum Gasteiger partial charge on any atom is 0.407 e. The molecule has 1 aromatic carbocycles. The summed E-state index contributed by atoms with van der Waals surface area (Å²) in [5, 5.41) is 6.11. The van der Waals surface area contributed by atoms with E-state index in [1.807, 2.05) is 32.9 Å². The molecule has 310 valence electrons. The van der Waals surface area contributed by atoms with Crippen molar-refractivity contribution in [1.82, 2.24) is 25.2 Å². The summed E-state index contributed by atoms with van der Waals surface area (Å²) in [4.78, 5) is 62.7. The molecule has 7 rings (SSSR count). The van der Waals surface area contributed by atoms with Crippen LogP contribution < -0.4 is 20.1 Å². The van der Waals surface area contributed by atoms with Crippen LogP contribution in [0.2, 0.25) is 0 Å². The van der Waals surface area contributed by atoms with Gasteiger partial charge in [-0.05, 0) is 83.1 Å². The third-order valence-electron chi connectivity index (χ3n) is 12.4. The van der Waals surface area contributed by atoms with E-state index in [4.69, 9.17) is 9.47 Å². The van der Waals surface area contributed by atoms with Crippen molar-refractivity contribution in [1.29, 1.82) is 0 Å². The maximum atomic E-state index is 14.8. The van der Waals surface area contributed by atoms with Crippen molar-refractivity contribution in [3.8, 4) is 5.75 Å². The second-order valence-electron chi connectivity index (χ2n) is 18.1. The fourth-order valence-electron chi connectivity index (χ4n) is 8.52. The van der Waals surface area contributed by atoms with Crippen LogP contribution in [0.15, 0.2) is 24.3 Å². The van der Waals surface area contributed by atoms with Gasteiger partial charge in [-0.3, -0.25) is 19.1 Å². The van der Waals surface area contributed by atoms with Crippen molar-refractivity contribution in [3.63, 3.8) is 0 Å². The summed E-state index contributed by atoms with van der Waals surface area (Å²) in [7, 11) is -4.04. The number of amides is 4. The Hall–Kier alpha value is -4.34. The fraction of sp³-hybridized carbons (Fsp3) is 0.634. The van der Waals surface area contributed by atoms with Crippen molar-refractivity contribution >= 4 is 44.7 Å². The Balaban J connectivity index is 1.24. The first-order valence-electron chi connectivity index (χ1n) is 20.0. The number of pyridine rings is 1. The first-order chi connectivity index (χ1) is 26.8. The summed E-state index contributed by atoms with van der Waals surface area (Å²) in [5.41, 5.74) is -1.72. The molecule has 57 heavy (non-hydrogen) atoms. The van der Waals surface area contributed by atoms with Gasteiger partial charge in [0.25, 0.3) is 5.91 Å². The Morgan fingerprint density at radius 2 is 1.81 bits per heavy atom. The number of alkyl carbamates (subject to hydrolysis) is 1. The minimum absolute atomic E-state index is 0.00493. The average molecular weight is 814 g/mol. The lowest BCUT2D eigenvalue weighted by molar-refractivity contribution is -0.144. The predicted octanol–water partition coefficient (Wildman–Crippen LogP) is 5.41. The van der Waals surface area contributed by atoms with E-state index in [9.17, 15) is 36.4 Å². The zero-order valence-electron chi connectivity index (χ0n) is 33.3. The van der Waals surface area contributed by atoms with Gasteiger partial charge in [-0.1, -0.05) is 45.8 Å². The summed E-state index contributed by atoms with van der Waals surface area (Å²) in [5.74, 6) is -4.19. The quantitative estimate of drug-likeness (QED) is 0.334. The highest BCUT2D eigenvalue weighted by atomic mass is 32.2. The number of fused-ring (bicyclic) bond motifs is 5. The number of nitrogens with zero attached hydrogens (tertiary/aromatic N) is 2. The third kappa shape index (κ3) is 7.94. The topological polar surface area (TPSA) is 173 Å². The molecule has 16 heteroatoms. The molecule has 4 heterocycles. The number of hydrogen-bond donors (Lipinski definition) is 3. The number of aromatic nitrogens is 1. The Kier molecular flexibility index (Phi) is 10.6. The molecule has 5 unspecified atom stereocenters. The van der Waals surface area contributed by atoms with Crippen LogP contribution in [0.25, 0.3) is 10.9 Å². The van der Waals surface area contributed by atoms with Gasteiger partial charge >= 0.3 is 6.09 Å². The molecule has 3 N–H and O–H groups in total. The normalized spacial score (nSPS) is 28.8. The van der Waals surface area contributed by atoms with Gasteiger partial charge in [-0.2, -0.15) is 0 Å². The number of allylic oxidation sites excluding steroid dienone is 1. The van der Waals surface area contributed by atoms with Crippen LogP contribution in [-0.4, -0.2) is 83.2 Å². The standard InChI is InChI=1S/C41H53F2N5O8S/c1-24-33-26(27-19-28(42)29(43)20-31(27)44-24)14-15-40(56-33)21-32-34(49)46-41(36(51)47-57(53,54)39(5)17-18-39)16-13-25(41)11-9-7-6-8-10-12-30(35(50)48(32)22-40)45-37(52)55-23-38(2,3)4/h9,11,19-20,25,30,32H,6-8,10,12-18,21-23H2,1-5H3,(H,45,52)(H,46,49)(H,47,51). The number of benzene rings is 1. The number of carbonyl (C=O) groups is 4. The molecular formula is C41H53F2N5O8S.